The van der Waals surface area contributed by atoms with Crippen molar-refractivity contribution in [2.45, 2.75) is 5.41 Å². The van der Waals surface area contributed by atoms with Gasteiger partial charge in [-0.05, 0) is 116 Å². The molecule has 0 amide bonds. The molecule has 11 aromatic carbocycles. The van der Waals surface area contributed by atoms with Crippen molar-refractivity contribution in [3.8, 4) is 44.5 Å². The molecule has 0 N–H and O–H groups in total. The maximum absolute atomic E-state index is 2.52. The maximum Gasteiger partial charge on any atom is 0.0727 e. The minimum Gasteiger partial charge on any atom is -0.310 e. The summed E-state index contributed by atoms with van der Waals surface area (Å²) in [6, 6.07) is 98.5. The summed E-state index contributed by atoms with van der Waals surface area (Å²) < 4.78 is 2.57. The Labute approximate surface area is 412 Å². The number of para-hydroxylation sites is 1. The van der Waals surface area contributed by atoms with Crippen molar-refractivity contribution in [2.24, 2.45) is 0 Å². The number of nitrogens with zero attached hydrogens (tertiary/aromatic N) is 2. The molecular formula is C67H44N2S. The summed E-state index contributed by atoms with van der Waals surface area (Å²) in [5.74, 6) is 0. The minimum atomic E-state index is -0.587. The third-order valence-electron chi connectivity index (χ3n) is 14.7. The van der Waals surface area contributed by atoms with E-state index in [-0.39, 0.29) is 0 Å². The van der Waals surface area contributed by atoms with Crippen LogP contribution in [-0.2, 0) is 5.41 Å². The minimum absolute atomic E-state index is 0.587. The second-order valence-corrected chi connectivity index (χ2v) is 19.4. The molecule has 328 valence electrons. The Morgan fingerprint density at radius 2 is 0.671 bits per heavy atom. The topological polar surface area (TPSA) is 6.48 Å². The van der Waals surface area contributed by atoms with Crippen LogP contribution in [0.15, 0.2) is 267 Å². The summed E-state index contributed by atoms with van der Waals surface area (Å²) in [6.07, 6.45) is 0. The van der Waals surface area contributed by atoms with Gasteiger partial charge in [-0.3, -0.25) is 0 Å². The molecule has 1 heterocycles. The number of anilines is 6. The van der Waals surface area contributed by atoms with Gasteiger partial charge in [-0.1, -0.05) is 206 Å². The highest BCUT2D eigenvalue weighted by Crippen LogP contribution is 2.66. The Balaban J connectivity index is 1.01. The van der Waals surface area contributed by atoms with E-state index in [1.165, 1.54) is 98.3 Å². The molecule has 1 atom stereocenters. The van der Waals surface area contributed by atoms with Crippen LogP contribution in [-0.4, -0.2) is 0 Å². The van der Waals surface area contributed by atoms with Gasteiger partial charge in [-0.2, -0.15) is 0 Å². The van der Waals surface area contributed by atoms with Crippen LogP contribution < -0.4 is 9.80 Å². The van der Waals surface area contributed by atoms with Crippen molar-refractivity contribution in [1.82, 2.24) is 0 Å². The second kappa shape index (κ2) is 16.2. The van der Waals surface area contributed by atoms with E-state index in [1.807, 2.05) is 11.3 Å². The lowest BCUT2D eigenvalue weighted by Gasteiger charge is -2.32. The lowest BCUT2D eigenvalue weighted by Crippen LogP contribution is -2.26. The summed E-state index contributed by atoms with van der Waals surface area (Å²) in [5.41, 5.74) is 21.2. The molecule has 0 saturated carbocycles. The van der Waals surface area contributed by atoms with Gasteiger partial charge in [0.2, 0.25) is 0 Å². The quantitative estimate of drug-likeness (QED) is 0.150. The molecule has 2 aliphatic rings. The largest absolute Gasteiger partial charge is 0.310 e. The summed E-state index contributed by atoms with van der Waals surface area (Å²) in [7, 11) is 0. The smallest absolute Gasteiger partial charge is 0.0727 e. The van der Waals surface area contributed by atoms with Crippen LogP contribution in [0, 0.1) is 0 Å². The van der Waals surface area contributed by atoms with Crippen molar-refractivity contribution in [3.05, 3.63) is 289 Å². The van der Waals surface area contributed by atoms with Gasteiger partial charge in [-0.15, -0.1) is 11.3 Å². The van der Waals surface area contributed by atoms with Crippen LogP contribution in [0.2, 0.25) is 0 Å². The highest BCUT2D eigenvalue weighted by Gasteiger charge is 2.53. The number of fused-ring (bicyclic) bond motifs is 13. The normalized spacial score (nSPS) is 14.1. The fourth-order valence-electron chi connectivity index (χ4n) is 11.8. The highest BCUT2D eigenvalue weighted by molar-refractivity contribution is 7.26. The van der Waals surface area contributed by atoms with E-state index in [9.17, 15) is 0 Å². The summed E-state index contributed by atoms with van der Waals surface area (Å²) in [4.78, 5) is 4.99. The van der Waals surface area contributed by atoms with E-state index in [4.69, 9.17) is 0 Å². The molecule has 0 fully saturated rings. The summed E-state index contributed by atoms with van der Waals surface area (Å²) in [6.45, 7) is 0. The van der Waals surface area contributed by atoms with Gasteiger partial charge in [-0.25, -0.2) is 0 Å². The first-order valence-electron chi connectivity index (χ1n) is 24.1. The van der Waals surface area contributed by atoms with Gasteiger partial charge in [0, 0.05) is 43.7 Å². The molecule has 1 spiro atoms. The van der Waals surface area contributed by atoms with Crippen LogP contribution in [0.25, 0.3) is 64.7 Å². The highest BCUT2D eigenvalue weighted by atomic mass is 32.1. The van der Waals surface area contributed by atoms with Crippen molar-refractivity contribution in [2.75, 3.05) is 9.80 Å². The fraction of sp³-hybridized carbons (Fsp3) is 0.0149. The van der Waals surface area contributed by atoms with Crippen LogP contribution in [0.3, 0.4) is 0 Å². The molecule has 0 bridgehead atoms. The van der Waals surface area contributed by atoms with Gasteiger partial charge < -0.3 is 9.80 Å². The van der Waals surface area contributed by atoms with Gasteiger partial charge in [0.15, 0.2) is 0 Å². The standard InChI is InChI=1S/C67H44N2S/c1-4-19-45(20-5-1)47-37-41-50(42-38-47)68(51-43-39-48(40-44-51)46-21-6-2-7-22-46)60-33-17-31-58-64(60)54-26-10-13-29-56(54)67(58)57-30-14-11-27-55(57)65-59(67)32-18-34-61(65)69(49-23-8-3-9-24-49)62-35-16-28-53-52-25-12-15-36-63(52)70-66(53)62/h1-44H. The third kappa shape index (κ3) is 6.05. The number of rotatable bonds is 8. The van der Waals surface area contributed by atoms with Gasteiger partial charge in [0.1, 0.15) is 0 Å². The van der Waals surface area contributed by atoms with Gasteiger partial charge in [0.25, 0.3) is 0 Å². The molecule has 2 nitrogen and oxygen atoms in total. The number of hydrogen-bond donors (Lipinski definition) is 0. The van der Waals surface area contributed by atoms with Gasteiger partial charge in [0.05, 0.1) is 27.2 Å². The van der Waals surface area contributed by atoms with Crippen LogP contribution in [0.5, 0.6) is 0 Å². The first-order valence-corrected chi connectivity index (χ1v) is 24.9. The van der Waals surface area contributed by atoms with Gasteiger partial charge >= 0.3 is 0 Å². The molecule has 1 aromatic heterocycles. The Morgan fingerprint density at radius 1 is 0.271 bits per heavy atom. The van der Waals surface area contributed by atoms with Crippen molar-refractivity contribution in [1.29, 1.82) is 0 Å². The zero-order valence-corrected chi connectivity index (χ0v) is 39.0. The van der Waals surface area contributed by atoms with Crippen molar-refractivity contribution in [3.63, 3.8) is 0 Å². The van der Waals surface area contributed by atoms with Crippen molar-refractivity contribution < 1.29 is 0 Å². The molecular weight excluding hydrogens is 865 g/mol. The molecule has 70 heavy (non-hydrogen) atoms. The van der Waals surface area contributed by atoms with E-state index in [2.05, 4.69) is 277 Å². The molecule has 0 aliphatic heterocycles. The Morgan fingerprint density at radius 3 is 1.24 bits per heavy atom. The SMILES string of the molecule is c1ccc(-c2ccc(N(c3ccc(-c4ccccc4)cc3)c3cccc4c3-c3ccccc3C43c4ccccc4-c4c(N(c5ccccc5)c5cccc6c5sc5ccccc56)cccc43)cc2)cc1. The van der Waals surface area contributed by atoms with E-state index >= 15 is 0 Å². The zero-order valence-electron chi connectivity index (χ0n) is 38.2. The molecule has 3 heteroatoms. The predicted octanol–water partition coefficient (Wildman–Crippen LogP) is 18.7. The zero-order chi connectivity index (χ0) is 46.2. The molecule has 0 saturated heterocycles. The first kappa shape index (κ1) is 40.3. The average molecular weight is 909 g/mol. The van der Waals surface area contributed by atoms with Crippen LogP contribution >= 0.6 is 11.3 Å². The van der Waals surface area contributed by atoms with Crippen molar-refractivity contribution >= 4 is 65.6 Å². The Bertz CT molecular complexity index is 3850. The summed E-state index contributed by atoms with van der Waals surface area (Å²) >= 11 is 1.88. The molecule has 1 unspecified atom stereocenters. The average Bonchev–Trinajstić information content (AvgIpc) is 4.08. The monoisotopic (exact) mass is 908 g/mol. The molecule has 2 aliphatic carbocycles. The first-order chi connectivity index (χ1) is 34.8. The van der Waals surface area contributed by atoms with E-state index in [0.29, 0.717) is 0 Å². The number of hydrogen-bond acceptors (Lipinski definition) is 3. The van der Waals surface area contributed by atoms with Crippen LogP contribution in [0.1, 0.15) is 22.3 Å². The predicted molar refractivity (Wildman–Crippen MR) is 296 cm³/mol. The van der Waals surface area contributed by atoms with E-state index in [1.54, 1.807) is 0 Å². The lowest BCUT2D eigenvalue weighted by atomic mass is 9.70. The fourth-order valence-corrected chi connectivity index (χ4v) is 13.0. The number of benzene rings is 11. The van der Waals surface area contributed by atoms with E-state index in [0.717, 1.165) is 22.7 Å². The Hall–Kier alpha value is -8.76. The molecule has 14 rings (SSSR count). The lowest BCUT2D eigenvalue weighted by molar-refractivity contribution is 0.793. The second-order valence-electron chi connectivity index (χ2n) is 18.3. The third-order valence-corrected chi connectivity index (χ3v) is 15.9. The molecule has 0 radical (unpaired) electrons. The number of thiophene rings is 1. The van der Waals surface area contributed by atoms with E-state index < -0.39 is 5.41 Å². The maximum atomic E-state index is 2.52. The summed E-state index contributed by atoms with van der Waals surface area (Å²) in [5, 5.41) is 2.58. The molecule has 12 aromatic rings. The van der Waals surface area contributed by atoms with Crippen LogP contribution in [0.4, 0.5) is 34.1 Å². The Kier molecular flexibility index (Phi) is 9.33.